The van der Waals surface area contributed by atoms with Crippen LogP contribution in [0.3, 0.4) is 0 Å². The van der Waals surface area contributed by atoms with Crippen LogP contribution in [0.1, 0.15) is 41.1 Å². The van der Waals surface area contributed by atoms with Gasteiger partial charge in [0.15, 0.2) is 0 Å². The van der Waals surface area contributed by atoms with E-state index in [1.807, 2.05) is 29.9 Å². The maximum atomic E-state index is 12.6. The van der Waals surface area contributed by atoms with Crippen molar-refractivity contribution in [3.8, 4) is 0 Å². The number of carbonyl (C=O) groups excluding carboxylic acids is 2. The van der Waals surface area contributed by atoms with E-state index in [0.717, 1.165) is 29.8 Å². The fourth-order valence-corrected chi connectivity index (χ4v) is 4.03. The molecule has 1 N–H and O–H groups in total. The zero-order valence-corrected chi connectivity index (χ0v) is 15.6. The highest BCUT2D eigenvalue weighted by molar-refractivity contribution is 5.97. The van der Waals surface area contributed by atoms with Gasteiger partial charge in [-0.15, -0.1) is 0 Å². The van der Waals surface area contributed by atoms with E-state index in [1.54, 1.807) is 24.1 Å². The lowest BCUT2D eigenvalue weighted by Gasteiger charge is -2.19. The lowest BCUT2D eigenvalue weighted by Crippen LogP contribution is -2.31. The molecule has 2 aliphatic heterocycles. The van der Waals surface area contributed by atoms with E-state index in [0.29, 0.717) is 25.3 Å². The maximum Gasteiger partial charge on any atom is 0.251 e. The summed E-state index contributed by atoms with van der Waals surface area (Å²) in [5.41, 5.74) is 3.64. The number of hydrogen-bond acceptors (Lipinski definition) is 4. The van der Waals surface area contributed by atoms with E-state index in [-0.39, 0.29) is 23.8 Å². The van der Waals surface area contributed by atoms with E-state index in [9.17, 15) is 9.59 Å². The molecule has 2 aromatic rings. The van der Waals surface area contributed by atoms with Crippen LogP contribution in [0.15, 0.2) is 30.5 Å². The molecule has 1 aromatic heterocycles. The number of aryl methyl sites for hydroxylation is 1. The van der Waals surface area contributed by atoms with Crippen LogP contribution in [0.5, 0.6) is 0 Å². The van der Waals surface area contributed by atoms with Crippen molar-refractivity contribution in [2.45, 2.75) is 25.9 Å². The average molecular weight is 368 g/mol. The van der Waals surface area contributed by atoms with Crippen LogP contribution in [0.25, 0.3) is 0 Å². The van der Waals surface area contributed by atoms with Gasteiger partial charge in [-0.1, -0.05) is 0 Å². The Bertz CT molecular complexity index is 876. The number of aromatic nitrogens is 2. The van der Waals surface area contributed by atoms with Gasteiger partial charge < -0.3 is 15.0 Å². The molecule has 2 amide bonds. The molecule has 142 valence electrons. The third-order valence-corrected chi connectivity index (χ3v) is 5.51. The standard InChI is InChI=1S/C20H24N4O3/c1-13(25)24-9-6-14-11-15(3-4-17(14)24)20(26)21-12-16-7-10-27-19(16)18-5-8-22-23(18)2/h3-5,8,11,16,19H,6-7,9-10,12H2,1-2H3,(H,21,26)/t16-,19+/m0/s1. The fourth-order valence-electron chi connectivity index (χ4n) is 4.03. The van der Waals surface area contributed by atoms with Crippen LogP contribution in [-0.2, 0) is 23.0 Å². The summed E-state index contributed by atoms with van der Waals surface area (Å²) in [4.78, 5) is 26.0. The van der Waals surface area contributed by atoms with E-state index >= 15 is 0 Å². The molecule has 27 heavy (non-hydrogen) atoms. The molecule has 2 aliphatic rings. The average Bonchev–Trinajstić information content (AvgIpc) is 3.37. The summed E-state index contributed by atoms with van der Waals surface area (Å²) in [5, 5.41) is 7.26. The summed E-state index contributed by atoms with van der Waals surface area (Å²) in [6, 6.07) is 7.53. The summed E-state index contributed by atoms with van der Waals surface area (Å²) >= 11 is 0. The number of ether oxygens (including phenoxy) is 1. The van der Waals surface area contributed by atoms with Crippen LogP contribution in [-0.4, -0.2) is 41.3 Å². The van der Waals surface area contributed by atoms with Crippen LogP contribution >= 0.6 is 0 Å². The van der Waals surface area contributed by atoms with E-state index in [2.05, 4.69) is 10.4 Å². The summed E-state index contributed by atoms with van der Waals surface area (Å²) in [5.74, 6) is 0.176. The third kappa shape index (κ3) is 3.35. The quantitative estimate of drug-likeness (QED) is 0.893. The Kier molecular flexibility index (Phi) is 4.70. The number of nitrogens with one attached hydrogen (secondary N) is 1. The van der Waals surface area contributed by atoms with Gasteiger partial charge in [0.05, 0.1) is 5.69 Å². The van der Waals surface area contributed by atoms with E-state index in [4.69, 9.17) is 4.74 Å². The first-order valence-electron chi connectivity index (χ1n) is 9.33. The lowest BCUT2D eigenvalue weighted by atomic mass is 9.98. The van der Waals surface area contributed by atoms with Crippen LogP contribution in [0.2, 0.25) is 0 Å². The number of benzene rings is 1. The van der Waals surface area contributed by atoms with Crippen molar-refractivity contribution in [3.05, 3.63) is 47.3 Å². The van der Waals surface area contributed by atoms with Crippen LogP contribution in [0, 0.1) is 5.92 Å². The first-order valence-corrected chi connectivity index (χ1v) is 9.33. The molecule has 2 atom stereocenters. The largest absolute Gasteiger partial charge is 0.372 e. The minimum Gasteiger partial charge on any atom is -0.372 e. The van der Waals surface area contributed by atoms with Gasteiger partial charge in [-0.2, -0.15) is 5.10 Å². The molecule has 1 fully saturated rings. The number of hydrogen-bond donors (Lipinski definition) is 1. The highest BCUT2D eigenvalue weighted by atomic mass is 16.5. The van der Waals surface area contributed by atoms with Crippen molar-refractivity contribution >= 4 is 17.5 Å². The highest BCUT2D eigenvalue weighted by Crippen LogP contribution is 2.34. The molecule has 0 radical (unpaired) electrons. The molecule has 1 aromatic carbocycles. The second-order valence-electron chi connectivity index (χ2n) is 7.19. The maximum absolute atomic E-state index is 12.6. The topological polar surface area (TPSA) is 76.5 Å². The number of carbonyl (C=O) groups is 2. The Hall–Kier alpha value is -2.67. The highest BCUT2D eigenvalue weighted by Gasteiger charge is 2.32. The van der Waals surface area contributed by atoms with Gasteiger partial charge in [0.1, 0.15) is 6.10 Å². The first kappa shape index (κ1) is 17.7. The predicted octanol–water partition coefficient (Wildman–Crippen LogP) is 1.84. The number of amides is 2. The molecule has 0 spiro atoms. The molecule has 7 nitrogen and oxygen atoms in total. The molecular weight excluding hydrogens is 344 g/mol. The molecule has 1 saturated heterocycles. The second kappa shape index (κ2) is 7.15. The minimum absolute atomic E-state index is 0.0355. The van der Waals surface area contributed by atoms with Crippen molar-refractivity contribution in [1.82, 2.24) is 15.1 Å². The zero-order chi connectivity index (χ0) is 19.0. The Morgan fingerprint density at radius 1 is 1.33 bits per heavy atom. The number of nitrogens with zero attached hydrogens (tertiary/aromatic N) is 3. The minimum atomic E-state index is -0.0882. The molecular formula is C20H24N4O3. The second-order valence-corrected chi connectivity index (χ2v) is 7.19. The number of anilines is 1. The van der Waals surface area contributed by atoms with Crippen molar-refractivity contribution in [2.75, 3.05) is 24.6 Å². The predicted molar refractivity (Wildman–Crippen MR) is 101 cm³/mol. The van der Waals surface area contributed by atoms with Crippen molar-refractivity contribution in [3.63, 3.8) is 0 Å². The number of rotatable bonds is 4. The molecule has 4 rings (SSSR count). The van der Waals surface area contributed by atoms with Crippen LogP contribution < -0.4 is 10.2 Å². The zero-order valence-electron chi connectivity index (χ0n) is 15.6. The van der Waals surface area contributed by atoms with Gasteiger partial charge in [0, 0.05) is 57.0 Å². The van der Waals surface area contributed by atoms with Crippen molar-refractivity contribution in [2.24, 2.45) is 13.0 Å². The Morgan fingerprint density at radius 3 is 2.93 bits per heavy atom. The summed E-state index contributed by atoms with van der Waals surface area (Å²) in [6.45, 7) is 3.50. The monoisotopic (exact) mass is 368 g/mol. The molecule has 3 heterocycles. The molecule has 0 saturated carbocycles. The van der Waals surface area contributed by atoms with E-state index < -0.39 is 0 Å². The molecule has 0 unspecified atom stereocenters. The third-order valence-electron chi connectivity index (χ3n) is 5.51. The lowest BCUT2D eigenvalue weighted by molar-refractivity contribution is -0.116. The number of fused-ring (bicyclic) bond motifs is 1. The van der Waals surface area contributed by atoms with Gasteiger partial charge >= 0.3 is 0 Å². The van der Waals surface area contributed by atoms with E-state index in [1.165, 1.54) is 0 Å². The van der Waals surface area contributed by atoms with Gasteiger partial charge in [0.2, 0.25) is 5.91 Å². The summed E-state index contributed by atoms with van der Waals surface area (Å²) in [6.07, 6.45) is 3.42. The van der Waals surface area contributed by atoms with Crippen molar-refractivity contribution < 1.29 is 14.3 Å². The smallest absolute Gasteiger partial charge is 0.251 e. The first-order chi connectivity index (χ1) is 13.0. The molecule has 7 heteroatoms. The van der Waals surface area contributed by atoms with Gasteiger partial charge in [-0.3, -0.25) is 14.3 Å². The normalized spacial score (nSPS) is 21.3. The summed E-state index contributed by atoms with van der Waals surface area (Å²) in [7, 11) is 1.90. The Morgan fingerprint density at radius 2 is 2.19 bits per heavy atom. The SMILES string of the molecule is CC(=O)N1CCc2cc(C(=O)NC[C@@H]3CCO[C@H]3c3ccnn3C)ccc21. The fraction of sp³-hybridized carbons (Fsp3) is 0.450. The van der Waals surface area contributed by atoms with Crippen LogP contribution in [0.4, 0.5) is 5.69 Å². The van der Waals surface area contributed by atoms with Gasteiger partial charge in [0.25, 0.3) is 5.91 Å². The Labute approximate surface area is 158 Å². The van der Waals surface area contributed by atoms with Gasteiger partial charge in [-0.25, -0.2) is 0 Å². The van der Waals surface area contributed by atoms with Gasteiger partial charge in [-0.05, 0) is 42.7 Å². The molecule has 0 bridgehead atoms. The molecule has 0 aliphatic carbocycles. The summed E-state index contributed by atoms with van der Waals surface area (Å²) < 4.78 is 7.70. The Balaban J connectivity index is 1.41. The van der Waals surface area contributed by atoms with Crippen molar-refractivity contribution in [1.29, 1.82) is 0 Å².